The molecule has 2 heterocycles. The first-order valence-corrected chi connectivity index (χ1v) is 7.66. The van der Waals surface area contributed by atoms with E-state index in [4.69, 9.17) is 4.98 Å². The van der Waals surface area contributed by atoms with Crippen molar-refractivity contribution in [2.75, 3.05) is 18.0 Å². The van der Waals surface area contributed by atoms with E-state index in [1.54, 1.807) is 0 Å². The minimum atomic E-state index is 0.720. The number of nitrogens with zero attached hydrogens (tertiary/aromatic N) is 3. The quantitative estimate of drug-likeness (QED) is 0.902. The van der Waals surface area contributed by atoms with Crippen LogP contribution in [0.4, 0.5) is 5.82 Å². The van der Waals surface area contributed by atoms with Crippen LogP contribution in [0.5, 0.6) is 0 Å². The van der Waals surface area contributed by atoms with E-state index in [0.29, 0.717) is 0 Å². The summed E-state index contributed by atoms with van der Waals surface area (Å²) < 4.78 is 0. The second kappa shape index (κ2) is 5.87. The zero-order valence-corrected chi connectivity index (χ0v) is 11.8. The van der Waals surface area contributed by atoms with Crippen molar-refractivity contribution in [2.45, 2.75) is 51.6 Å². The van der Waals surface area contributed by atoms with Crippen molar-refractivity contribution in [2.24, 2.45) is 5.92 Å². The summed E-state index contributed by atoms with van der Waals surface area (Å²) in [6.45, 7) is 5.06. The van der Waals surface area contributed by atoms with Gasteiger partial charge in [0.05, 0.1) is 11.9 Å². The largest absolute Gasteiger partial charge is 0.352 e. The van der Waals surface area contributed by atoms with Gasteiger partial charge in [-0.05, 0) is 38.1 Å². The van der Waals surface area contributed by atoms with Crippen molar-refractivity contribution in [3.8, 4) is 0 Å². The summed E-state index contributed by atoms with van der Waals surface area (Å²) in [5.41, 5.74) is 1.06. The number of hydrogen-bond acceptors (Lipinski definition) is 4. The Morgan fingerprint density at radius 1 is 1.26 bits per heavy atom. The van der Waals surface area contributed by atoms with Gasteiger partial charge < -0.3 is 10.2 Å². The molecular formula is C15H24N4. The summed E-state index contributed by atoms with van der Waals surface area (Å²) in [6.07, 6.45) is 10.7. The highest BCUT2D eigenvalue weighted by Gasteiger charge is 2.35. The molecule has 3 rings (SSSR count). The van der Waals surface area contributed by atoms with E-state index in [2.05, 4.69) is 22.1 Å². The fraction of sp³-hybridized carbons (Fsp3) is 0.733. The summed E-state index contributed by atoms with van der Waals surface area (Å²) in [5.74, 6) is 1.99. The molecule has 0 spiro atoms. The Kier molecular flexibility index (Phi) is 3.97. The molecule has 19 heavy (non-hydrogen) atoms. The first-order chi connectivity index (χ1) is 9.38. The zero-order chi connectivity index (χ0) is 13.1. The highest BCUT2D eigenvalue weighted by Crippen LogP contribution is 2.38. The highest BCUT2D eigenvalue weighted by molar-refractivity contribution is 5.39. The van der Waals surface area contributed by atoms with Gasteiger partial charge in [0.25, 0.3) is 0 Å². The maximum Gasteiger partial charge on any atom is 0.147 e. The summed E-state index contributed by atoms with van der Waals surface area (Å²) in [4.78, 5) is 11.7. The van der Waals surface area contributed by atoms with E-state index in [9.17, 15) is 0 Å². The van der Waals surface area contributed by atoms with Crippen molar-refractivity contribution in [1.29, 1.82) is 0 Å². The van der Waals surface area contributed by atoms with Gasteiger partial charge in [0.2, 0.25) is 0 Å². The Morgan fingerprint density at radius 3 is 3.05 bits per heavy atom. The van der Waals surface area contributed by atoms with Crippen molar-refractivity contribution >= 4 is 5.82 Å². The van der Waals surface area contributed by atoms with Gasteiger partial charge >= 0.3 is 0 Å². The molecule has 0 amide bonds. The molecular weight excluding hydrogens is 236 g/mol. The van der Waals surface area contributed by atoms with E-state index >= 15 is 0 Å². The lowest BCUT2D eigenvalue weighted by Crippen LogP contribution is -2.43. The lowest BCUT2D eigenvalue weighted by Gasteiger charge is -2.38. The Hall–Kier alpha value is -1.16. The standard InChI is InChI=1S/C15H24N4/c1-2-16-9-13-10-17-11-15(18-13)19-8-4-6-12-5-3-7-14(12)19/h10-12,14,16H,2-9H2,1H3. The van der Waals surface area contributed by atoms with E-state index in [0.717, 1.165) is 43.1 Å². The van der Waals surface area contributed by atoms with Crippen molar-refractivity contribution < 1.29 is 0 Å². The van der Waals surface area contributed by atoms with Crippen LogP contribution in [0.25, 0.3) is 0 Å². The van der Waals surface area contributed by atoms with Crippen LogP contribution in [0.15, 0.2) is 12.4 Å². The zero-order valence-electron chi connectivity index (χ0n) is 11.8. The highest BCUT2D eigenvalue weighted by atomic mass is 15.2. The molecule has 104 valence electrons. The molecule has 4 nitrogen and oxygen atoms in total. The smallest absolute Gasteiger partial charge is 0.147 e. The molecule has 1 saturated carbocycles. The first kappa shape index (κ1) is 12.9. The van der Waals surface area contributed by atoms with Crippen LogP contribution in [0.2, 0.25) is 0 Å². The molecule has 4 heteroatoms. The van der Waals surface area contributed by atoms with Gasteiger partial charge in [-0.2, -0.15) is 0 Å². The third-order valence-corrected chi connectivity index (χ3v) is 4.52. The molecule has 2 unspecified atom stereocenters. The minimum absolute atomic E-state index is 0.720. The average Bonchev–Trinajstić information content (AvgIpc) is 2.93. The molecule has 1 aromatic rings. The molecule has 1 aliphatic heterocycles. The predicted octanol–water partition coefficient (Wildman–Crippen LogP) is 2.36. The number of nitrogens with one attached hydrogen (secondary N) is 1. The number of fused-ring (bicyclic) bond motifs is 1. The van der Waals surface area contributed by atoms with Gasteiger partial charge in [0.15, 0.2) is 0 Å². The SMILES string of the molecule is CCNCc1cncc(N2CCCC3CCCC32)n1. The fourth-order valence-electron chi connectivity index (χ4n) is 3.61. The Labute approximate surface area is 115 Å². The van der Waals surface area contributed by atoms with Crippen LogP contribution in [0, 0.1) is 5.92 Å². The molecule has 0 radical (unpaired) electrons. The number of piperidine rings is 1. The third kappa shape index (κ3) is 2.73. The van der Waals surface area contributed by atoms with Crippen LogP contribution in [0.3, 0.4) is 0 Å². The summed E-state index contributed by atoms with van der Waals surface area (Å²) >= 11 is 0. The van der Waals surface area contributed by atoms with Gasteiger partial charge in [-0.1, -0.05) is 13.3 Å². The van der Waals surface area contributed by atoms with Crippen LogP contribution >= 0.6 is 0 Å². The van der Waals surface area contributed by atoms with Crippen LogP contribution in [-0.2, 0) is 6.54 Å². The molecule has 1 aromatic heterocycles. The van der Waals surface area contributed by atoms with Gasteiger partial charge in [-0.3, -0.25) is 4.98 Å². The summed E-state index contributed by atoms with van der Waals surface area (Å²) in [5, 5.41) is 3.32. The number of anilines is 1. The normalized spacial score (nSPS) is 26.5. The van der Waals surface area contributed by atoms with Crippen LogP contribution in [0.1, 0.15) is 44.7 Å². The van der Waals surface area contributed by atoms with E-state index in [-0.39, 0.29) is 0 Å². The van der Waals surface area contributed by atoms with Gasteiger partial charge in [-0.25, -0.2) is 4.98 Å². The van der Waals surface area contributed by atoms with Crippen molar-refractivity contribution in [3.63, 3.8) is 0 Å². The number of rotatable bonds is 4. The summed E-state index contributed by atoms with van der Waals surface area (Å²) in [6, 6.07) is 0.720. The lowest BCUT2D eigenvalue weighted by molar-refractivity contribution is 0.360. The third-order valence-electron chi connectivity index (χ3n) is 4.52. The second-order valence-electron chi connectivity index (χ2n) is 5.74. The average molecular weight is 260 g/mol. The second-order valence-corrected chi connectivity index (χ2v) is 5.74. The maximum absolute atomic E-state index is 4.80. The molecule has 2 aliphatic rings. The minimum Gasteiger partial charge on any atom is -0.352 e. The predicted molar refractivity (Wildman–Crippen MR) is 77.1 cm³/mol. The van der Waals surface area contributed by atoms with Gasteiger partial charge in [0.1, 0.15) is 5.82 Å². The molecule has 2 atom stereocenters. The topological polar surface area (TPSA) is 41.1 Å². The lowest BCUT2D eigenvalue weighted by atomic mass is 9.92. The van der Waals surface area contributed by atoms with Gasteiger partial charge in [0, 0.05) is 25.3 Å². The van der Waals surface area contributed by atoms with Crippen molar-refractivity contribution in [1.82, 2.24) is 15.3 Å². The number of aromatic nitrogens is 2. The van der Waals surface area contributed by atoms with Crippen LogP contribution < -0.4 is 10.2 Å². The molecule has 2 fully saturated rings. The molecule has 0 aromatic carbocycles. The Balaban J connectivity index is 1.76. The molecule has 1 saturated heterocycles. The Bertz CT molecular complexity index is 420. The maximum atomic E-state index is 4.80. The fourth-order valence-corrected chi connectivity index (χ4v) is 3.61. The van der Waals surface area contributed by atoms with E-state index in [1.165, 1.54) is 32.1 Å². The molecule has 1 N–H and O–H groups in total. The Morgan fingerprint density at radius 2 is 2.16 bits per heavy atom. The first-order valence-electron chi connectivity index (χ1n) is 7.66. The van der Waals surface area contributed by atoms with Crippen LogP contribution in [-0.4, -0.2) is 29.1 Å². The monoisotopic (exact) mass is 260 g/mol. The molecule has 0 bridgehead atoms. The number of hydrogen-bond donors (Lipinski definition) is 1. The molecule has 1 aliphatic carbocycles. The van der Waals surface area contributed by atoms with E-state index < -0.39 is 0 Å². The van der Waals surface area contributed by atoms with Crippen molar-refractivity contribution in [3.05, 3.63) is 18.1 Å². The van der Waals surface area contributed by atoms with Gasteiger partial charge in [-0.15, -0.1) is 0 Å². The summed E-state index contributed by atoms with van der Waals surface area (Å²) in [7, 11) is 0. The van der Waals surface area contributed by atoms with E-state index in [1.807, 2.05) is 12.4 Å².